The first-order chi connectivity index (χ1) is 19.2. The number of nitrogens with one attached hydrogen (secondary N) is 3. The first-order valence-electron chi connectivity index (χ1n) is 14.8. The highest BCUT2D eigenvalue weighted by atomic mass is 16.6. The number of carbonyl (C=O) groups is 4. The molecule has 0 aliphatic carbocycles. The van der Waals surface area contributed by atoms with E-state index < -0.39 is 29.7 Å². The number of alkyl carbamates (subject to hydrolysis) is 1. The minimum atomic E-state index is -0.680. The number of nitrogens with zero attached hydrogens (tertiary/aromatic N) is 1. The standard InChI is InChI=1S/C32H50N4O5/c1-21(2)19-25(34-31(40)41-32(5,6)7)17-16-24(20-23-13-10-9-11-14-23)30(39)36-18-12-15-26(36)28(37)35-27(22(3)4)29(38)33-8/h9-11,13-14,16-17,21-22,24-27H,12,15,18-20H2,1-8H3,(H,33,38)(H,34,40)(H,35,37)/b17-16+/t24-,25-,26+,27+/m1/s1. The molecular weight excluding hydrogens is 520 g/mol. The number of carbonyl (C=O) groups excluding carboxylic acids is 4. The van der Waals surface area contributed by atoms with Crippen molar-refractivity contribution in [1.82, 2.24) is 20.9 Å². The summed E-state index contributed by atoms with van der Waals surface area (Å²) >= 11 is 0. The minimum Gasteiger partial charge on any atom is -0.444 e. The summed E-state index contributed by atoms with van der Waals surface area (Å²) < 4.78 is 5.46. The van der Waals surface area contributed by atoms with Crippen LogP contribution in [0.4, 0.5) is 4.79 Å². The number of rotatable bonds is 12. The monoisotopic (exact) mass is 570 g/mol. The summed E-state index contributed by atoms with van der Waals surface area (Å²) in [7, 11) is 1.54. The summed E-state index contributed by atoms with van der Waals surface area (Å²) in [5, 5.41) is 8.41. The van der Waals surface area contributed by atoms with Crippen LogP contribution in [-0.4, -0.2) is 66.0 Å². The first kappa shape index (κ1) is 33.8. The van der Waals surface area contributed by atoms with E-state index in [9.17, 15) is 19.2 Å². The second kappa shape index (κ2) is 15.6. The zero-order valence-corrected chi connectivity index (χ0v) is 26.0. The van der Waals surface area contributed by atoms with Gasteiger partial charge in [0, 0.05) is 13.6 Å². The van der Waals surface area contributed by atoms with Crippen LogP contribution >= 0.6 is 0 Å². The van der Waals surface area contributed by atoms with Gasteiger partial charge in [0.25, 0.3) is 0 Å². The fourth-order valence-corrected chi connectivity index (χ4v) is 4.98. The average molecular weight is 571 g/mol. The van der Waals surface area contributed by atoms with Gasteiger partial charge in [-0.05, 0) is 63.9 Å². The molecule has 1 fully saturated rings. The maximum absolute atomic E-state index is 14.0. The van der Waals surface area contributed by atoms with Crippen molar-refractivity contribution in [3.63, 3.8) is 0 Å². The van der Waals surface area contributed by atoms with Crippen LogP contribution < -0.4 is 16.0 Å². The number of likely N-dealkylation sites (N-methyl/N-ethyl adjacent to an activating group) is 1. The van der Waals surface area contributed by atoms with E-state index in [2.05, 4.69) is 29.8 Å². The van der Waals surface area contributed by atoms with Gasteiger partial charge in [0.05, 0.1) is 12.0 Å². The van der Waals surface area contributed by atoms with Crippen LogP contribution in [0.15, 0.2) is 42.5 Å². The van der Waals surface area contributed by atoms with E-state index in [1.807, 2.05) is 77.1 Å². The van der Waals surface area contributed by atoms with Crippen molar-refractivity contribution >= 4 is 23.8 Å². The molecule has 1 aliphatic rings. The van der Waals surface area contributed by atoms with Crippen molar-refractivity contribution in [2.75, 3.05) is 13.6 Å². The molecule has 0 bridgehead atoms. The highest BCUT2D eigenvalue weighted by Gasteiger charge is 2.38. The summed E-state index contributed by atoms with van der Waals surface area (Å²) in [6.45, 7) is 13.8. The Morgan fingerprint density at radius 1 is 1.02 bits per heavy atom. The third kappa shape index (κ3) is 11.2. The van der Waals surface area contributed by atoms with Gasteiger partial charge in [0.15, 0.2) is 0 Å². The Bertz CT molecular complexity index is 1050. The van der Waals surface area contributed by atoms with Crippen molar-refractivity contribution in [2.45, 2.75) is 97.9 Å². The third-order valence-electron chi connectivity index (χ3n) is 6.95. The highest BCUT2D eigenvalue weighted by Crippen LogP contribution is 2.24. The molecule has 1 saturated heterocycles. The number of amides is 4. The summed E-state index contributed by atoms with van der Waals surface area (Å²) in [6, 6.07) is 8.09. The van der Waals surface area contributed by atoms with Crippen LogP contribution in [0.2, 0.25) is 0 Å². The fraction of sp³-hybridized carbons (Fsp3) is 0.625. The molecule has 4 atom stereocenters. The van der Waals surface area contributed by atoms with E-state index in [4.69, 9.17) is 4.74 Å². The SMILES string of the molecule is CNC(=O)[C@@H](NC(=O)[C@@H]1CCCN1C(=O)[C@H](/C=C/[C@H](CC(C)C)NC(=O)OC(C)(C)C)Cc1ccccc1)C(C)C. The number of benzene rings is 1. The molecule has 2 rings (SSSR count). The lowest BCUT2D eigenvalue weighted by Gasteiger charge is -2.29. The number of likely N-dealkylation sites (tertiary alicyclic amines) is 1. The summed E-state index contributed by atoms with van der Waals surface area (Å²) in [5.74, 6) is -1.07. The third-order valence-corrected chi connectivity index (χ3v) is 6.95. The lowest BCUT2D eigenvalue weighted by molar-refractivity contribution is -0.141. The molecule has 0 radical (unpaired) electrons. The van der Waals surface area contributed by atoms with Crippen LogP contribution in [0, 0.1) is 17.8 Å². The second-order valence-electron chi connectivity index (χ2n) is 12.6. The van der Waals surface area contributed by atoms with Gasteiger partial charge in [0.2, 0.25) is 17.7 Å². The number of hydrogen-bond acceptors (Lipinski definition) is 5. The van der Waals surface area contributed by atoms with Gasteiger partial charge >= 0.3 is 6.09 Å². The molecule has 1 aromatic rings. The van der Waals surface area contributed by atoms with Crippen LogP contribution in [0.3, 0.4) is 0 Å². The first-order valence-corrected chi connectivity index (χ1v) is 14.8. The maximum Gasteiger partial charge on any atom is 0.408 e. The predicted octanol–water partition coefficient (Wildman–Crippen LogP) is 4.22. The molecule has 0 unspecified atom stereocenters. The van der Waals surface area contributed by atoms with Gasteiger partial charge in [-0.2, -0.15) is 0 Å². The van der Waals surface area contributed by atoms with Crippen LogP contribution in [0.1, 0.15) is 73.3 Å². The summed E-state index contributed by atoms with van der Waals surface area (Å²) in [6.07, 6.45) is 5.59. The largest absolute Gasteiger partial charge is 0.444 e. The Hall–Kier alpha value is -3.36. The van der Waals surface area contributed by atoms with Crippen molar-refractivity contribution in [2.24, 2.45) is 17.8 Å². The molecule has 0 spiro atoms. The van der Waals surface area contributed by atoms with Crippen LogP contribution in [-0.2, 0) is 25.5 Å². The highest BCUT2D eigenvalue weighted by molar-refractivity contribution is 5.93. The normalized spacial score (nSPS) is 17.8. The molecular formula is C32H50N4O5. The molecule has 9 nitrogen and oxygen atoms in total. The minimum absolute atomic E-state index is 0.103. The van der Waals surface area contributed by atoms with E-state index in [0.29, 0.717) is 38.1 Å². The molecule has 0 saturated carbocycles. The zero-order valence-electron chi connectivity index (χ0n) is 26.0. The molecule has 1 heterocycles. The molecule has 9 heteroatoms. The Balaban J connectivity index is 2.31. The molecule has 3 N–H and O–H groups in total. The van der Waals surface area contributed by atoms with Crippen molar-refractivity contribution in [1.29, 1.82) is 0 Å². The smallest absolute Gasteiger partial charge is 0.408 e. The van der Waals surface area contributed by atoms with Crippen molar-refractivity contribution in [3.8, 4) is 0 Å². The van der Waals surface area contributed by atoms with E-state index in [1.165, 1.54) is 0 Å². The van der Waals surface area contributed by atoms with Crippen molar-refractivity contribution in [3.05, 3.63) is 48.0 Å². The van der Waals surface area contributed by atoms with Gasteiger partial charge in [0.1, 0.15) is 17.7 Å². The molecule has 1 aromatic carbocycles. The lowest BCUT2D eigenvalue weighted by atomic mass is 9.94. The zero-order chi connectivity index (χ0) is 30.7. The number of hydrogen-bond donors (Lipinski definition) is 3. The molecule has 228 valence electrons. The predicted molar refractivity (Wildman–Crippen MR) is 161 cm³/mol. The molecule has 0 aromatic heterocycles. The quantitative estimate of drug-likeness (QED) is 0.326. The Kier molecular flexibility index (Phi) is 12.9. The van der Waals surface area contributed by atoms with Crippen LogP contribution in [0.25, 0.3) is 0 Å². The fourth-order valence-electron chi connectivity index (χ4n) is 4.98. The topological polar surface area (TPSA) is 117 Å². The maximum atomic E-state index is 14.0. The van der Waals surface area contributed by atoms with E-state index in [1.54, 1.807) is 11.9 Å². The molecule has 4 amide bonds. The Morgan fingerprint density at radius 2 is 1.68 bits per heavy atom. The van der Waals surface area contributed by atoms with Gasteiger partial charge in [-0.3, -0.25) is 14.4 Å². The molecule has 41 heavy (non-hydrogen) atoms. The second-order valence-corrected chi connectivity index (χ2v) is 12.6. The van der Waals surface area contributed by atoms with E-state index in [-0.39, 0.29) is 29.7 Å². The Labute approximate surface area is 245 Å². The van der Waals surface area contributed by atoms with Gasteiger partial charge in [-0.25, -0.2) is 4.79 Å². The van der Waals surface area contributed by atoms with Gasteiger partial charge in [-0.15, -0.1) is 0 Å². The molecule has 1 aliphatic heterocycles. The van der Waals surface area contributed by atoms with Crippen molar-refractivity contribution < 1.29 is 23.9 Å². The summed E-state index contributed by atoms with van der Waals surface area (Å²) in [5.41, 5.74) is 0.371. The van der Waals surface area contributed by atoms with Gasteiger partial charge < -0.3 is 25.6 Å². The van der Waals surface area contributed by atoms with Crippen LogP contribution in [0.5, 0.6) is 0 Å². The average Bonchev–Trinajstić information content (AvgIpc) is 3.37. The van der Waals surface area contributed by atoms with Gasteiger partial charge in [-0.1, -0.05) is 70.2 Å². The Morgan fingerprint density at radius 3 is 2.24 bits per heavy atom. The number of ether oxygens (including phenoxy) is 1. The van der Waals surface area contributed by atoms with E-state index in [0.717, 1.165) is 5.56 Å². The summed E-state index contributed by atoms with van der Waals surface area (Å²) in [4.78, 5) is 53.9. The lowest BCUT2D eigenvalue weighted by Crippen LogP contribution is -2.55. The van der Waals surface area contributed by atoms with E-state index >= 15 is 0 Å².